The van der Waals surface area contributed by atoms with E-state index in [0.717, 1.165) is 19.3 Å². The second-order valence-electron chi connectivity index (χ2n) is 4.08. The zero-order chi connectivity index (χ0) is 13.3. The summed E-state index contributed by atoms with van der Waals surface area (Å²) >= 11 is 0. The summed E-state index contributed by atoms with van der Waals surface area (Å²) in [5.41, 5.74) is -1.29. The van der Waals surface area contributed by atoms with Gasteiger partial charge in [0.2, 0.25) is 5.76 Å². The monoisotopic (exact) mass is 263 g/mol. The van der Waals surface area contributed by atoms with Crippen LogP contribution in [0.1, 0.15) is 54.2 Å². The molecule has 18 heavy (non-hydrogen) atoms. The van der Waals surface area contributed by atoms with E-state index >= 15 is 0 Å². The molecule has 1 heterocycles. The molecule has 0 aliphatic heterocycles. The molecule has 0 atom stereocenters. The van der Waals surface area contributed by atoms with Crippen molar-refractivity contribution in [1.82, 2.24) is 4.98 Å². The van der Waals surface area contributed by atoms with E-state index in [1.165, 1.54) is 6.92 Å². The van der Waals surface area contributed by atoms with E-state index in [1.54, 1.807) is 0 Å². The fourth-order valence-corrected chi connectivity index (χ4v) is 1.69. The molecule has 1 saturated carbocycles. The normalized spacial score (nSPS) is 16.4. The first-order valence-electron chi connectivity index (χ1n) is 5.68. The van der Waals surface area contributed by atoms with Crippen LogP contribution >= 0.6 is 0 Å². The quantitative estimate of drug-likeness (QED) is 0.786. The molecular formula is C11H12F3NO3. The lowest BCUT2D eigenvalue weighted by Gasteiger charge is -2.21. The van der Waals surface area contributed by atoms with Gasteiger partial charge in [0, 0.05) is 5.92 Å². The van der Waals surface area contributed by atoms with Gasteiger partial charge in [0.15, 0.2) is 11.6 Å². The van der Waals surface area contributed by atoms with Crippen molar-refractivity contribution in [2.45, 2.75) is 38.3 Å². The third kappa shape index (κ3) is 2.34. The maximum Gasteiger partial charge on any atom is 0.437 e. The number of carbonyl (C=O) groups is 1. The molecule has 100 valence electrons. The molecule has 0 bridgehead atoms. The Balaban J connectivity index is 2.35. The van der Waals surface area contributed by atoms with Crippen LogP contribution in [0.4, 0.5) is 13.2 Å². The summed E-state index contributed by atoms with van der Waals surface area (Å²) in [6, 6.07) is 0. The Bertz CT molecular complexity index is 449. The summed E-state index contributed by atoms with van der Waals surface area (Å²) < 4.78 is 47.6. The molecular weight excluding hydrogens is 251 g/mol. The number of nitrogens with zero attached hydrogens (tertiary/aromatic N) is 1. The number of halogens is 3. The summed E-state index contributed by atoms with van der Waals surface area (Å²) in [6.07, 6.45) is -2.31. The van der Waals surface area contributed by atoms with Crippen LogP contribution in [-0.2, 0) is 10.9 Å². The molecule has 0 spiro atoms. The Kier molecular flexibility index (Phi) is 3.32. The largest absolute Gasteiger partial charge is 0.460 e. The molecule has 2 rings (SSSR count). The SMILES string of the molecule is CCOC(=O)c1oc(C2CCC2)nc1C(F)(F)F. The first kappa shape index (κ1) is 12.9. The van der Waals surface area contributed by atoms with Crippen LogP contribution in [0.15, 0.2) is 4.42 Å². The number of hydrogen-bond donors (Lipinski definition) is 0. The third-order valence-corrected chi connectivity index (χ3v) is 2.83. The van der Waals surface area contributed by atoms with E-state index in [4.69, 9.17) is 4.42 Å². The van der Waals surface area contributed by atoms with Crippen molar-refractivity contribution in [1.29, 1.82) is 0 Å². The van der Waals surface area contributed by atoms with Crippen molar-refractivity contribution in [2.75, 3.05) is 6.61 Å². The second kappa shape index (κ2) is 4.62. The van der Waals surface area contributed by atoms with Crippen LogP contribution in [0.5, 0.6) is 0 Å². The highest BCUT2D eigenvalue weighted by atomic mass is 19.4. The average molecular weight is 263 g/mol. The van der Waals surface area contributed by atoms with Gasteiger partial charge in [-0.1, -0.05) is 6.42 Å². The standard InChI is InChI=1S/C11H12F3NO3/c1-2-17-10(16)7-8(11(12,13)14)15-9(18-7)6-4-3-5-6/h6H,2-5H2,1H3. The molecule has 1 aromatic rings. The van der Waals surface area contributed by atoms with E-state index in [-0.39, 0.29) is 18.4 Å². The van der Waals surface area contributed by atoms with Crippen molar-refractivity contribution < 1.29 is 27.1 Å². The highest BCUT2D eigenvalue weighted by Gasteiger charge is 2.43. The molecule has 0 unspecified atom stereocenters. The molecule has 0 saturated heterocycles. The van der Waals surface area contributed by atoms with Crippen molar-refractivity contribution >= 4 is 5.97 Å². The van der Waals surface area contributed by atoms with E-state index in [2.05, 4.69) is 9.72 Å². The van der Waals surface area contributed by atoms with Gasteiger partial charge in [-0.05, 0) is 19.8 Å². The maximum absolute atomic E-state index is 12.7. The van der Waals surface area contributed by atoms with Gasteiger partial charge in [-0.15, -0.1) is 0 Å². The summed E-state index contributed by atoms with van der Waals surface area (Å²) in [4.78, 5) is 14.8. The number of alkyl halides is 3. The Morgan fingerprint density at radius 1 is 1.50 bits per heavy atom. The zero-order valence-electron chi connectivity index (χ0n) is 9.71. The number of oxazole rings is 1. The molecule has 0 aromatic carbocycles. The lowest BCUT2D eigenvalue weighted by atomic mass is 9.85. The van der Waals surface area contributed by atoms with Crippen LogP contribution < -0.4 is 0 Å². The van der Waals surface area contributed by atoms with Gasteiger partial charge >= 0.3 is 12.1 Å². The smallest absolute Gasteiger partial charge is 0.437 e. The predicted molar refractivity (Wildman–Crippen MR) is 54.1 cm³/mol. The van der Waals surface area contributed by atoms with E-state index in [1.807, 2.05) is 0 Å². The molecule has 1 aliphatic rings. The molecule has 0 N–H and O–H groups in total. The Morgan fingerprint density at radius 2 is 2.17 bits per heavy atom. The fourth-order valence-electron chi connectivity index (χ4n) is 1.69. The van der Waals surface area contributed by atoms with Crippen LogP contribution in [0.25, 0.3) is 0 Å². The Hall–Kier alpha value is -1.53. The number of aromatic nitrogens is 1. The van der Waals surface area contributed by atoms with Crippen LogP contribution in [0, 0.1) is 0 Å². The molecule has 7 heteroatoms. The number of rotatable bonds is 3. The van der Waals surface area contributed by atoms with Crippen molar-refractivity contribution in [3.8, 4) is 0 Å². The summed E-state index contributed by atoms with van der Waals surface area (Å²) in [6.45, 7) is 1.49. The summed E-state index contributed by atoms with van der Waals surface area (Å²) in [7, 11) is 0. The predicted octanol–water partition coefficient (Wildman–Crippen LogP) is 3.14. The number of esters is 1. The van der Waals surface area contributed by atoms with Crippen molar-refractivity contribution in [3.05, 3.63) is 17.3 Å². The number of ether oxygens (including phenoxy) is 1. The number of carbonyl (C=O) groups excluding carboxylic acids is 1. The Labute approximate surface area is 101 Å². The van der Waals surface area contributed by atoms with Gasteiger partial charge in [-0.25, -0.2) is 9.78 Å². The van der Waals surface area contributed by atoms with Gasteiger partial charge in [0.05, 0.1) is 6.61 Å². The lowest BCUT2D eigenvalue weighted by molar-refractivity contribution is -0.141. The lowest BCUT2D eigenvalue weighted by Crippen LogP contribution is -2.14. The molecule has 1 fully saturated rings. The first-order valence-corrected chi connectivity index (χ1v) is 5.68. The van der Waals surface area contributed by atoms with Gasteiger partial charge in [-0.3, -0.25) is 0 Å². The average Bonchev–Trinajstić information content (AvgIpc) is 2.59. The summed E-state index contributed by atoms with van der Waals surface area (Å²) in [5.74, 6) is -2.10. The molecule has 1 aromatic heterocycles. The molecule has 1 aliphatic carbocycles. The van der Waals surface area contributed by atoms with E-state index in [9.17, 15) is 18.0 Å². The van der Waals surface area contributed by atoms with Crippen molar-refractivity contribution in [3.63, 3.8) is 0 Å². The fraction of sp³-hybridized carbons (Fsp3) is 0.636. The van der Waals surface area contributed by atoms with Gasteiger partial charge in [0.1, 0.15) is 0 Å². The topological polar surface area (TPSA) is 52.3 Å². The first-order chi connectivity index (χ1) is 8.43. The highest BCUT2D eigenvalue weighted by molar-refractivity contribution is 5.87. The Morgan fingerprint density at radius 3 is 2.61 bits per heavy atom. The van der Waals surface area contributed by atoms with Gasteiger partial charge < -0.3 is 9.15 Å². The minimum absolute atomic E-state index is 0.0170. The van der Waals surface area contributed by atoms with Crippen LogP contribution in [0.3, 0.4) is 0 Å². The van der Waals surface area contributed by atoms with Gasteiger partial charge in [0.25, 0.3) is 0 Å². The third-order valence-electron chi connectivity index (χ3n) is 2.83. The van der Waals surface area contributed by atoms with Crippen LogP contribution in [-0.4, -0.2) is 17.6 Å². The number of hydrogen-bond acceptors (Lipinski definition) is 4. The van der Waals surface area contributed by atoms with E-state index < -0.39 is 23.6 Å². The molecule has 0 amide bonds. The minimum Gasteiger partial charge on any atom is -0.460 e. The van der Waals surface area contributed by atoms with Crippen LogP contribution in [0.2, 0.25) is 0 Å². The highest BCUT2D eigenvalue weighted by Crippen LogP contribution is 2.39. The van der Waals surface area contributed by atoms with Crippen molar-refractivity contribution in [2.24, 2.45) is 0 Å². The maximum atomic E-state index is 12.7. The van der Waals surface area contributed by atoms with E-state index in [0.29, 0.717) is 0 Å². The zero-order valence-corrected chi connectivity index (χ0v) is 9.71. The second-order valence-corrected chi connectivity index (χ2v) is 4.08. The molecule has 4 nitrogen and oxygen atoms in total. The summed E-state index contributed by atoms with van der Waals surface area (Å²) in [5, 5.41) is 0. The minimum atomic E-state index is -4.71. The van der Waals surface area contributed by atoms with Gasteiger partial charge in [-0.2, -0.15) is 13.2 Å². The molecule has 0 radical (unpaired) electrons.